The average molecular weight is 206 g/mol. The quantitative estimate of drug-likeness (QED) is 0.718. The number of thiazole rings is 1. The number of hydrogen-bond donors (Lipinski definition) is 0. The molecule has 4 nitrogen and oxygen atoms in total. The first kappa shape index (κ1) is 8.83. The van der Waals surface area contributed by atoms with E-state index in [0.717, 1.165) is 10.6 Å². The van der Waals surface area contributed by atoms with Gasteiger partial charge < -0.3 is 4.74 Å². The van der Waals surface area contributed by atoms with Crippen molar-refractivity contribution >= 4 is 17.8 Å². The molecule has 0 bridgehead atoms. The largest absolute Gasteiger partial charge is 0.409 e. The van der Waals surface area contributed by atoms with Gasteiger partial charge in [0, 0.05) is 18.0 Å². The Kier molecular flexibility index (Phi) is 2.51. The van der Waals surface area contributed by atoms with E-state index in [1.165, 1.54) is 11.3 Å². The molecule has 0 fully saturated rings. The van der Waals surface area contributed by atoms with Crippen molar-refractivity contribution in [3.63, 3.8) is 0 Å². The second kappa shape index (κ2) is 3.97. The zero-order valence-corrected chi connectivity index (χ0v) is 7.90. The smallest absolute Gasteiger partial charge is 0.299 e. The van der Waals surface area contributed by atoms with Gasteiger partial charge in [-0.2, -0.15) is 0 Å². The number of hydrogen-bond acceptors (Lipinski definition) is 5. The minimum absolute atomic E-state index is 0.323. The Bertz CT molecular complexity index is 427. The molecule has 70 valence electrons. The lowest BCUT2D eigenvalue weighted by Gasteiger charge is -1.92. The minimum Gasteiger partial charge on any atom is -0.409 e. The van der Waals surface area contributed by atoms with E-state index >= 15 is 0 Å². The third-order valence-corrected chi connectivity index (χ3v) is 2.43. The van der Waals surface area contributed by atoms with Crippen LogP contribution in [0.3, 0.4) is 0 Å². The molecule has 2 heterocycles. The molecule has 0 aliphatic rings. The molecule has 0 atom stereocenters. The van der Waals surface area contributed by atoms with Gasteiger partial charge in [0.15, 0.2) is 0 Å². The number of aromatic nitrogens is 2. The van der Waals surface area contributed by atoms with E-state index in [1.807, 2.05) is 12.1 Å². The second-order valence-electron chi connectivity index (χ2n) is 2.45. The molecule has 0 N–H and O–H groups in total. The van der Waals surface area contributed by atoms with E-state index in [-0.39, 0.29) is 0 Å². The van der Waals surface area contributed by atoms with Gasteiger partial charge in [-0.3, -0.25) is 9.78 Å². The van der Waals surface area contributed by atoms with Crippen LogP contribution in [0.15, 0.2) is 29.9 Å². The second-order valence-corrected chi connectivity index (χ2v) is 3.30. The van der Waals surface area contributed by atoms with Gasteiger partial charge in [-0.1, -0.05) is 0 Å². The molecule has 0 aliphatic heterocycles. The molecule has 0 saturated carbocycles. The van der Waals surface area contributed by atoms with Crippen LogP contribution in [0.5, 0.6) is 5.88 Å². The maximum Gasteiger partial charge on any atom is 0.299 e. The standard InChI is InChI=1S/C9H6N2O2S/c12-6-13-8-5-14-9(11-8)7-2-1-3-10-4-7/h1-6H. The lowest BCUT2D eigenvalue weighted by Crippen LogP contribution is -1.87. The number of pyridine rings is 1. The van der Waals surface area contributed by atoms with Crippen LogP contribution in [0.2, 0.25) is 0 Å². The van der Waals surface area contributed by atoms with Crippen LogP contribution in [0, 0.1) is 0 Å². The predicted molar refractivity (Wildman–Crippen MR) is 52.0 cm³/mol. The first-order valence-corrected chi connectivity index (χ1v) is 4.74. The van der Waals surface area contributed by atoms with Crippen LogP contribution in [-0.4, -0.2) is 16.4 Å². The highest BCUT2D eigenvalue weighted by Crippen LogP contribution is 2.25. The summed E-state index contributed by atoms with van der Waals surface area (Å²) >= 11 is 1.41. The lowest BCUT2D eigenvalue weighted by molar-refractivity contribution is -0.120. The highest BCUT2D eigenvalue weighted by atomic mass is 32.1. The molecule has 0 radical (unpaired) electrons. The highest BCUT2D eigenvalue weighted by Gasteiger charge is 2.04. The Morgan fingerprint density at radius 1 is 1.50 bits per heavy atom. The first-order valence-electron chi connectivity index (χ1n) is 3.86. The van der Waals surface area contributed by atoms with Crippen LogP contribution in [-0.2, 0) is 4.79 Å². The van der Waals surface area contributed by atoms with Gasteiger partial charge in [0.2, 0.25) is 5.88 Å². The molecule has 0 saturated heterocycles. The Morgan fingerprint density at radius 2 is 2.43 bits per heavy atom. The molecule has 0 aliphatic carbocycles. The van der Waals surface area contributed by atoms with Crippen molar-refractivity contribution in [1.82, 2.24) is 9.97 Å². The van der Waals surface area contributed by atoms with E-state index in [9.17, 15) is 4.79 Å². The number of nitrogens with zero attached hydrogens (tertiary/aromatic N) is 2. The monoisotopic (exact) mass is 206 g/mol. The van der Waals surface area contributed by atoms with Gasteiger partial charge in [-0.25, -0.2) is 4.98 Å². The third kappa shape index (κ3) is 1.77. The molecular formula is C9H6N2O2S. The minimum atomic E-state index is 0.323. The molecular weight excluding hydrogens is 200 g/mol. The summed E-state index contributed by atoms with van der Waals surface area (Å²) in [6, 6.07) is 3.73. The maximum atomic E-state index is 10.1. The van der Waals surface area contributed by atoms with Gasteiger partial charge in [0.05, 0.1) is 5.38 Å². The lowest BCUT2D eigenvalue weighted by atomic mass is 10.3. The summed E-state index contributed by atoms with van der Waals surface area (Å²) in [5.74, 6) is 0.323. The van der Waals surface area contributed by atoms with Crippen LogP contribution in [0.4, 0.5) is 0 Å². The van der Waals surface area contributed by atoms with Gasteiger partial charge in [-0.05, 0) is 12.1 Å². The normalized spacial score (nSPS) is 9.71. The molecule has 0 spiro atoms. The van der Waals surface area contributed by atoms with Crippen molar-refractivity contribution in [2.45, 2.75) is 0 Å². The van der Waals surface area contributed by atoms with Gasteiger partial charge in [0.1, 0.15) is 5.01 Å². The van der Waals surface area contributed by atoms with Crippen molar-refractivity contribution in [2.75, 3.05) is 0 Å². The van der Waals surface area contributed by atoms with Crippen LogP contribution in [0.25, 0.3) is 10.6 Å². The van der Waals surface area contributed by atoms with Crippen molar-refractivity contribution in [1.29, 1.82) is 0 Å². The molecule has 5 heteroatoms. The van der Waals surface area contributed by atoms with Gasteiger partial charge in [-0.15, -0.1) is 11.3 Å². The van der Waals surface area contributed by atoms with Crippen molar-refractivity contribution in [3.8, 4) is 16.5 Å². The van der Waals surface area contributed by atoms with Crippen molar-refractivity contribution in [2.24, 2.45) is 0 Å². The SMILES string of the molecule is O=COc1csc(-c2cccnc2)n1. The zero-order chi connectivity index (χ0) is 9.80. The van der Waals surface area contributed by atoms with Crippen molar-refractivity contribution < 1.29 is 9.53 Å². The molecule has 0 aromatic carbocycles. The van der Waals surface area contributed by atoms with E-state index in [1.54, 1.807) is 17.8 Å². The number of carbonyl (C=O) groups excluding carboxylic acids is 1. The Labute approximate surface area is 84.2 Å². The third-order valence-electron chi connectivity index (χ3n) is 1.56. The molecule has 0 unspecified atom stereocenters. The molecule has 2 aromatic heterocycles. The van der Waals surface area contributed by atoms with Crippen LogP contribution >= 0.6 is 11.3 Å². The van der Waals surface area contributed by atoms with Crippen molar-refractivity contribution in [3.05, 3.63) is 29.9 Å². The van der Waals surface area contributed by atoms with Crippen LogP contribution in [0.1, 0.15) is 0 Å². The maximum absolute atomic E-state index is 10.1. The summed E-state index contributed by atoms with van der Waals surface area (Å²) in [6.45, 7) is 0.363. The number of carbonyl (C=O) groups is 1. The predicted octanol–water partition coefficient (Wildman–Crippen LogP) is 1.74. The number of rotatable bonds is 3. The first-order chi connectivity index (χ1) is 6.90. The summed E-state index contributed by atoms with van der Waals surface area (Å²) in [5, 5.41) is 2.46. The van der Waals surface area contributed by atoms with Crippen LogP contribution < -0.4 is 4.74 Å². The summed E-state index contributed by atoms with van der Waals surface area (Å²) < 4.78 is 4.61. The van der Waals surface area contributed by atoms with E-state index in [4.69, 9.17) is 0 Å². The van der Waals surface area contributed by atoms with Gasteiger partial charge >= 0.3 is 0 Å². The van der Waals surface area contributed by atoms with E-state index in [2.05, 4.69) is 14.7 Å². The van der Waals surface area contributed by atoms with Gasteiger partial charge in [0.25, 0.3) is 6.47 Å². The Morgan fingerprint density at radius 3 is 3.14 bits per heavy atom. The average Bonchev–Trinajstić information content (AvgIpc) is 2.68. The molecule has 2 aromatic rings. The fourth-order valence-electron chi connectivity index (χ4n) is 0.984. The summed E-state index contributed by atoms with van der Waals surface area (Å²) in [4.78, 5) is 18.1. The summed E-state index contributed by atoms with van der Waals surface area (Å²) in [7, 11) is 0. The Hall–Kier alpha value is -1.75. The Balaban J connectivity index is 2.29. The highest BCUT2D eigenvalue weighted by molar-refractivity contribution is 7.13. The van der Waals surface area contributed by atoms with E-state index in [0.29, 0.717) is 12.4 Å². The fraction of sp³-hybridized carbons (Fsp3) is 0. The zero-order valence-electron chi connectivity index (χ0n) is 7.08. The number of ether oxygens (including phenoxy) is 1. The molecule has 2 rings (SSSR count). The molecule has 14 heavy (non-hydrogen) atoms. The summed E-state index contributed by atoms with van der Waals surface area (Å²) in [6.07, 6.45) is 3.41. The fourth-order valence-corrected chi connectivity index (χ4v) is 1.70. The summed E-state index contributed by atoms with van der Waals surface area (Å²) in [5.41, 5.74) is 0.915. The van der Waals surface area contributed by atoms with E-state index < -0.39 is 0 Å². The topological polar surface area (TPSA) is 52.1 Å². The molecule has 0 amide bonds.